The molecule has 0 radical (unpaired) electrons. The Bertz CT molecular complexity index is 215. The van der Waals surface area contributed by atoms with E-state index in [1.165, 1.54) is 32.1 Å². The fraction of sp³-hybridized carbons (Fsp3) is 1.00. The molecule has 4 nitrogen and oxygen atoms in total. The fourth-order valence-electron chi connectivity index (χ4n) is 2.73. The molecule has 0 aromatic carbocycles. The molecule has 2 aliphatic rings. The lowest BCUT2D eigenvalue weighted by molar-refractivity contribution is -0.249. The predicted octanol–water partition coefficient (Wildman–Crippen LogP) is 1.44. The van der Waals surface area contributed by atoms with Crippen molar-refractivity contribution in [2.24, 2.45) is 5.92 Å². The summed E-state index contributed by atoms with van der Waals surface area (Å²) in [7, 11) is 0. The van der Waals surface area contributed by atoms with Crippen molar-refractivity contribution in [2.45, 2.75) is 70.1 Å². The van der Waals surface area contributed by atoms with Gasteiger partial charge in [-0.15, -0.1) is 0 Å². The molecule has 17 heavy (non-hydrogen) atoms. The van der Waals surface area contributed by atoms with Crippen molar-refractivity contribution in [3.05, 3.63) is 0 Å². The summed E-state index contributed by atoms with van der Waals surface area (Å²) in [6.07, 6.45) is 4.59. The van der Waals surface area contributed by atoms with Crippen LogP contribution in [0.1, 0.15) is 45.4 Å². The average molecular weight is 244 g/mol. The van der Waals surface area contributed by atoms with Gasteiger partial charge in [0.15, 0.2) is 6.29 Å². The van der Waals surface area contributed by atoms with E-state index < -0.39 is 12.2 Å². The Labute approximate surface area is 103 Å². The van der Waals surface area contributed by atoms with E-state index in [9.17, 15) is 10.2 Å². The molecule has 0 unspecified atom stereocenters. The van der Waals surface area contributed by atoms with E-state index in [-0.39, 0.29) is 12.4 Å². The Morgan fingerprint density at radius 2 is 1.88 bits per heavy atom. The van der Waals surface area contributed by atoms with Crippen LogP contribution in [0.2, 0.25) is 0 Å². The van der Waals surface area contributed by atoms with Gasteiger partial charge in [0.2, 0.25) is 0 Å². The van der Waals surface area contributed by atoms with E-state index >= 15 is 0 Å². The van der Waals surface area contributed by atoms with Crippen LogP contribution in [-0.2, 0) is 9.47 Å². The van der Waals surface area contributed by atoms with Crippen LogP contribution in [-0.4, -0.2) is 41.4 Å². The van der Waals surface area contributed by atoms with Gasteiger partial charge in [0, 0.05) is 6.42 Å². The summed E-state index contributed by atoms with van der Waals surface area (Å²) in [5, 5.41) is 19.2. The molecule has 2 N–H and O–H groups in total. The third-order valence-corrected chi connectivity index (χ3v) is 3.92. The molecule has 0 aromatic rings. The highest BCUT2D eigenvalue weighted by Crippen LogP contribution is 2.26. The van der Waals surface area contributed by atoms with Crippen molar-refractivity contribution < 1.29 is 19.7 Å². The second-order valence-corrected chi connectivity index (χ2v) is 5.40. The first kappa shape index (κ1) is 13.3. The van der Waals surface area contributed by atoms with Crippen LogP contribution in [0.4, 0.5) is 0 Å². The van der Waals surface area contributed by atoms with E-state index in [4.69, 9.17) is 9.47 Å². The van der Waals surface area contributed by atoms with Crippen LogP contribution in [0.3, 0.4) is 0 Å². The summed E-state index contributed by atoms with van der Waals surface area (Å²) in [6.45, 7) is 2.49. The number of ether oxygens (including phenoxy) is 2. The molecule has 2 fully saturated rings. The first-order valence-electron chi connectivity index (χ1n) is 6.80. The smallest absolute Gasteiger partial charge is 0.160 e. The van der Waals surface area contributed by atoms with Gasteiger partial charge in [-0.2, -0.15) is 0 Å². The van der Waals surface area contributed by atoms with Gasteiger partial charge in [-0.3, -0.25) is 0 Å². The molecular formula is C13H24O4. The van der Waals surface area contributed by atoms with Crippen LogP contribution in [0.5, 0.6) is 0 Å². The predicted molar refractivity (Wildman–Crippen MR) is 63.5 cm³/mol. The van der Waals surface area contributed by atoms with Crippen LogP contribution >= 0.6 is 0 Å². The second kappa shape index (κ2) is 6.14. The van der Waals surface area contributed by atoms with Crippen LogP contribution < -0.4 is 0 Å². The van der Waals surface area contributed by atoms with Crippen LogP contribution in [0.25, 0.3) is 0 Å². The number of rotatable bonds is 3. The Morgan fingerprint density at radius 3 is 2.53 bits per heavy atom. The van der Waals surface area contributed by atoms with Crippen molar-refractivity contribution in [1.29, 1.82) is 0 Å². The minimum Gasteiger partial charge on any atom is -0.390 e. The van der Waals surface area contributed by atoms with Gasteiger partial charge < -0.3 is 19.7 Å². The standard InChI is InChI=1S/C13H24O4/c1-9-13(15)11(14)7-12(17-9)16-8-10-5-3-2-4-6-10/h9-15H,2-8H2,1H3/t9-,11+,12-,13-/m1/s1. The number of hydrogen-bond acceptors (Lipinski definition) is 4. The third kappa shape index (κ3) is 3.65. The van der Waals surface area contributed by atoms with E-state index in [1.54, 1.807) is 6.92 Å². The maximum absolute atomic E-state index is 9.65. The zero-order valence-electron chi connectivity index (χ0n) is 10.5. The van der Waals surface area contributed by atoms with Crippen molar-refractivity contribution in [3.63, 3.8) is 0 Å². The van der Waals surface area contributed by atoms with Gasteiger partial charge in [0.25, 0.3) is 0 Å². The summed E-state index contributed by atoms with van der Waals surface area (Å²) in [4.78, 5) is 0. The van der Waals surface area contributed by atoms with E-state index in [0.29, 0.717) is 12.3 Å². The summed E-state index contributed by atoms with van der Waals surface area (Å²) >= 11 is 0. The average Bonchev–Trinajstić information content (AvgIpc) is 2.34. The molecule has 0 bridgehead atoms. The Balaban J connectivity index is 1.71. The number of aliphatic hydroxyl groups is 2. The molecule has 0 amide bonds. The zero-order valence-corrected chi connectivity index (χ0v) is 10.5. The largest absolute Gasteiger partial charge is 0.390 e. The highest BCUT2D eigenvalue weighted by atomic mass is 16.7. The van der Waals surface area contributed by atoms with Gasteiger partial charge >= 0.3 is 0 Å². The van der Waals surface area contributed by atoms with Gasteiger partial charge in [-0.05, 0) is 25.7 Å². The molecule has 4 atom stereocenters. The van der Waals surface area contributed by atoms with E-state index in [0.717, 1.165) is 6.61 Å². The third-order valence-electron chi connectivity index (χ3n) is 3.92. The molecule has 1 aliphatic carbocycles. The topological polar surface area (TPSA) is 58.9 Å². The van der Waals surface area contributed by atoms with Gasteiger partial charge in [0.05, 0.1) is 18.8 Å². The lowest BCUT2D eigenvalue weighted by atomic mass is 9.90. The minimum absolute atomic E-state index is 0.352. The quantitative estimate of drug-likeness (QED) is 0.788. The number of hydrogen-bond donors (Lipinski definition) is 2. The monoisotopic (exact) mass is 244 g/mol. The van der Waals surface area contributed by atoms with Crippen LogP contribution in [0, 0.1) is 5.92 Å². The highest BCUT2D eigenvalue weighted by molar-refractivity contribution is 4.80. The lowest BCUT2D eigenvalue weighted by Crippen LogP contribution is -2.47. The molecule has 1 saturated heterocycles. The molecule has 100 valence electrons. The maximum Gasteiger partial charge on any atom is 0.160 e. The summed E-state index contributed by atoms with van der Waals surface area (Å²) in [5.74, 6) is 0.645. The van der Waals surface area contributed by atoms with Crippen LogP contribution in [0.15, 0.2) is 0 Å². The highest BCUT2D eigenvalue weighted by Gasteiger charge is 2.34. The molecule has 1 heterocycles. The second-order valence-electron chi connectivity index (χ2n) is 5.40. The SMILES string of the molecule is C[C@H]1O[C@@H](OCC2CCCCC2)C[C@H](O)[C@@H]1O. The first-order valence-corrected chi connectivity index (χ1v) is 6.80. The Morgan fingerprint density at radius 1 is 1.18 bits per heavy atom. The fourth-order valence-corrected chi connectivity index (χ4v) is 2.73. The number of aliphatic hydroxyl groups excluding tert-OH is 2. The molecular weight excluding hydrogens is 220 g/mol. The van der Waals surface area contributed by atoms with E-state index in [1.807, 2.05) is 0 Å². The first-order chi connectivity index (χ1) is 8.16. The van der Waals surface area contributed by atoms with Gasteiger partial charge in [-0.25, -0.2) is 0 Å². The molecule has 2 rings (SSSR count). The molecule has 1 aliphatic heterocycles. The Kier molecular flexibility index (Phi) is 4.79. The molecule has 0 spiro atoms. The van der Waals surface area contributed by atoms with Crippen molar-refractivity contribution in [3.8, 4) is 0 Å². The normalized spacial score (nSPS) is 40.4. The summed E-state index contributed by atoms with van der Waals surface area (Å²) in [5.41, 5.74) is 0. The zero-order chi connectivity index (χ0) is 12.3. The minimum atomic E-state index is -0.787. The van der Waals surface area contributed by atoms with Crippen molar-refractivity contribution >= 4 is 0 Å². The molecule has 4 heteroatoms. The molecule has 0 aromatic heterocycles. The van der Waals surface area contributed by atoms with Gasteiger partial charge in [0.1, 0.15) is 6.10 Å². The van der Waals surface area contributed by atoms with E-state index in [2.05, 4.69) is 0 Å². The Hall–Kier alpha value is -0.160. The summed E-state index contributed by atoms with van der Waals surface area (Å²) < 4.78 is 11.2. The lowest BCUT2D eigenvalue weighted by Gasteiger charge is -2.36. The maximum atomic E-state index is 9.65. The van der Waals surface area contributed by atoms with Crippen molar-refractivity contribution in [1.82, 2.24) is 0 Å². The summed E-state index contributed by atoms with van der Waals surface area (Å²) in [6, 6.07) is 0. The molecule has 1 saturated carbocycles. The van der Waals surface area contributed by atoms with Gasteiger partial charge in [-0.1, -0.05) is 19.3 Å². The van der Waals surface area contributed by atoms with Crippen molar-refractivity contribution in [2.75, 3.05) is 6.61 Å².